The molecule has 2 aromatic rings. The van der Waals surface area contributed by atoms with Crippen molar-refractivity contribution in [2.24, 2.45) is 0 Å². The third-order valence-corrected chi connectivity index (χ3v) is 7.08. The minimum atomic E-state index is -3.89. The van der Waals surface area contributed by atoms with Crippen LogP contribution in [0.25, 0.3) is 0 Å². The molecule has 3 rings (SSSR count). The molecule has 0 radical (unpaired) electrons. The van der Waals surface area contributed by atoms with Gasteiger partial charge in [0.2, 0.25) is 0 Å². The van der Waals surface area contributed by atoms with Gasteiger partial charge in [-0.25, -0.2) is 13.2 Å². The van der Waals surface area contributed by atoms with Gasteiger partial charge in [-0.05, 0) is 50.1 Å². The Morgan fingerprint density at radius 2 is 1.81 bits per heavy atom. The first kappa shape index (κ1) is 22.6. The van der Waals surface area contributed by atoms with E-state index in [1.165, 1.54) is 34.5 Å². The van der Waals surface area contributed by atoms with Crippen molar-refractivity contribution in [3.63, 3.8) is 0 Å². The van der Waals surface area contributed by atoms with Gasteiger partial charge in [-0.15, -0.1) is 0 Å². The molecule has 0 saturated carbocycles. The van der Waals surface area contributed by atoms with Gasteiger partial charge in [-0.2, -0.15) is 0 Å². The lowest BCUT2D eigenvalue weighted by molar-refractivity contribution is -0.134. The molecule has 9 heteroatoms. The fourth-order valence-electron chi connectivity index (χ4n) is 3.56. The van der Waals surface area contributed by atoms with Crippen LogP contribution < -0.4 is 9.04 Å². The SMILES string of the molecule is CCN(CC)C(=O)COC(=O)c1cc(S(=O)(=O)N2CCc3ccccc32)ccc1OC. The highest BCUT2D eigenvalue weighted by atomic mass is 32.2. The number of para-hydroxylation sites is 1. The molecule has 1 amide bonds. The third-order valence-electron chi connectivity index (χ3n) is 5.27. The van der Waals surface area contributed by atoms with E-state index in [0.29, 0.717) is 31.7 Å². The van der Waals surface area contributed by atoms with Crippen molar-refractivity contribution in [2.45, 2.75) is 25.2 Å². The normalized spacial score (nSPS) is 12.9. The van der Waals surface area contributed by atoms with Crippen molar-refractivity contribution in [3.8, 4) is 5.75 Å². The molecule has 8 nitrogen and oxygen atoms in total. The predicted octanol–water partition coefficient (Wildman–Crippen LogP) is 2.47. The van der Waals surface area contributed by atoms with Crippen LogP contribution in [0.2, 0.25) is 0 Å². The summed E-state index contributed by atoms with van der Waals surface area (Å²) >= 11 is 0. The molecule has 0 N–H and O–H groups in total. The van der Waals surface area contributed by atoms with E-state index in [9.17, 15) is 18.0 Å². The van der Waals surface area contributed by atoms with Crippen LogP contribution in [0.4, 0.5) is 5.69 Å². The first-order valence-corrected chi connectivity index (χ1v) is 11.5. The van der Waals surface area contributed by atoms with Crippen molar-refractivity contribution in [1.29, 1.82) is 0 Å². The van der Waals surface area contributed by atoms with Gasteiger partial charge in [0.15, 0.2) is 6.61 Å². The van der Waals surface area contributed by atoms with Crippen LogP contribution in [0.5, 0.6) is 5.75 Å². The number of fused-ring (bicyclic) bond motifs is 1. The van der Waals surface area contributed by atoms with Gasteiger partial charge < -0.3 is 14.4 Å². The topological polar surface area (TPSA) is 93.2 Å². The van der Waals surface area contributed by atoms with Crippen LogP contribution in [0, 0.1) is 0 Å². The highest BCUT2D eigenvalue weighted by molar-refractivity contribution is 7.92. The molecule has 1 heterocycles. The molecule has 2 aromatic carbocycles. The van der Waals surface area contributed by atoms with E-state index in [2.05, 4.69) is 0 Å². The summed E-state index contributed by atoms with van der Waals surface area (Å²) in [4.78, 5) is 26.3. The molecular formula is C22H26N2O6S. The second-order valence-corrected chi connectivity index (χ2v) is 8.82. The summed E-state index contributed by atoms with van der Waals surface area (Å²) < 4.78 is 38.2. The first-order valence-electron chi connectivity index (χ1n) is 10.1. The number of hydrogen-bond donors (Lipinski definition) is 0. The minimum Gasteiger partial charge on any atom is -0.496 e. The van der Waals surface area contributed by atoms with Gasteiger partial charge in [-0.3, -0.25) is 9.10 Å². The smallest absolute Gasteiger partial charge is 0.342 e. The molecule has 0 aliphatic carbocycles. The molecule has 0 aromatic heterocycles. The summed E-state index contributed by atoms with van der Waals surface area (Å²) in [6, 6.07) is 11.4. The maximum absolute atomic E-state index is 13.3. The molecule has 31 heavy (non-hydrogen) atoms. The number of rotatable bonds is 8. The standard InChI is InChI=1S/C22H26N2O6S/c1-4-23(5-2)21(25)15-30-22(26)18-14-17(10-11-20(18)29-3)31(27,28)24-13-12-16-8-6-7-9-19(16)24/h6-11,14H,4-5,12-13,15H2,1-3H3. The average molecular weight is 447 g/mol. The summed E-state index contributed by atoms with van der Waals surface area (Å²) in [6.45, 7) is 4.56. The second-order valence-electron chi connectivity index (χ2n) is 6.96. The molecule has 0 fully saturated rings. The molecule has 0 saturated heterocycles. The zero-order valence-electron chi connectivity index (χ0n) is 17.8. The Hall–Kier alpha value is -3.07. The van der Waals surface area contributed by atoms with Gasteiger partial charge in [-0.1, -0.05) is 18.2 Å². The Kier molecular flexibility index (Phi) is 6.84. The predicted molar refractivity (Wildman–Crippen MR) is 116 cm³/mol. The highest BCUT2D eigenvalue weighted by Gasteiger charge is 2.32. The lowest BCUT2D eigenvalue weighted by Gasteiger charge is -2.20. The summed E-state index contributed by atoms with van der Waals surface area (Å²) in [5.74, 6) is -0.980. The maximum Gasteiger partial charge on any atom is 0.342 e. The number of carbonyl (C=O) groups excluding carboxylic acids is 2. The number of methoxy groups -OCH3 is 1. The molecule has 166 valence electrons. The molecule has 0 spiro atoms. The fourth-order valence-corrected chi connectivity index (χ4v) is 5.09. The number of esters is 1. The van der Waals surface area contributed by atoms with E-state index in [-0.39, 0.29) is 22.1 Å². The van der Waals surface area contributed by atoms with Gasteiger partial charge >= 0.3 is 5.97 Å². The lowest BCUT2D eigenvalue weighted by atomic mass is 10.2. The van der Waals surface area contributed by atoms with Crippen LogP contribution in [-0.4, -0.2) is 58.5 Å². The number of ether oxygens (including phenoxy) is 2. The summed E-state index contributed by atoms with van der Waals surface area (Å²) in [5.41, 5.74) is 1.53. The van der Waals surface area contributed by atoms with Crippen LogP contribution in [0.15, 0.2) is 47.4 Å². The number of amides is 1. The number of carbonyl (C=O) groups is 2. The monoisotopic (exact) mass is 446 g/mol. The van der Waals surface area contributed by atoms with E-state index in [1.54, 1.807) is 12.1 Å². The van der Waals surface area contributed by atoms with Crippen LogP contribution in [0.3, 0.4) is 0 Å². The number of sulfonamides is 1. The molecular weight excluding hydrogens is 420 g/mol. The van der Waals surface area contributed by atoms with E-state index >= 15 is 0 Å². The Morgan fingerprint density at radius 1 is 1.10 bits per heavy atom. The minimum absolute atomic E-state index is 0.0491. The number of nitrogens with zero attached hydrogens (tertiary/aromatic N) is 2. The largest absolute Gasteiger partial charge is 0.496 e. The van der Waals surface area contributed by atoms with Gasteiger partial charge in [0.25, 0.3) is 15.9 Å². The zero-order valence-corrected chi connectivity index (χ0v) is 18.6. The Labute approximate surface area is 182 Å². The Balaban J connectivity index is 1.87. The van der Waals surface area contributed by atoms with Crippen molar-refractivity contribution >= 4 is 27.6 Å². The first-order chi connectivity index (χ1) is 14.8. The molecule has 0 unspecified atom stereocenters. The number of hydrogen-bond acceptors (Lipinski definition) is 6. The van der Waals surface area contributed by atoms with Crippen molar-refractivity contribution in [2.75, 3.05) is 37.7 Å². The van der Waals surface area contributed by atoms with Crippen molar-refractivity contribution < 1.29 is 27.5 Å². The van der Waals surface area contributed by atoms with Crippen LogP contribution in [0.1, 0.15) is 29.8 Å². The highest BCUT2D eigenvalue weighted by Crippen LogP contribution is 2.34. The maximum atomic E-state index is 13.3. The third kappa shape index (κ3) is 4.51. The number of likely N-dealkylation sites (N-methyl/N-ethyl adjacent to an activating group) is 1. The van der Waals surface area contributed by atoms with Gasteiger partial charge in [0, 0.05) is 19.6 Å². The van der Waals surface area contributed by atoms with Crippen LogP contribution >= 0.6 is 0 Å². The lowest BCUT2D eigenvalue weighted by Crippen LogP contribution is -2.34. The molecule has 1 aliphatic rings. The summed E-state index contributed by atoms with van der Waals surface area (Å²) in [6.07, 6.45) is 0.619. The van der Waals surface area contributed by atoms with Crippen molar-refractivity contribution in [3.05, 3.63) is 53.6 Å². The molecule has 1 aliphatic heterocycles. The average Bonchev–Trinajstić information content (AvgIpc) is 3.23. The quantitative estimate of drug-likeness (QED) is 0.579. The van der Waals surface area contributed by atoms with E-state index in [1.807, 2.05) is 26.0 Å². The van der Waals surface area contributed by atoms with Gasteiger partial charge in [0.1, 0.15) is 11.3 Å². The van der Waals surface area contributed by atoms with Crippen LogP contribution in [-0.2, 0) is 26.0 Å². The summed E-state index contributed by atoms with van der Waals surface area (Å²) in [7, 11) is -2.52. The van der Waals surface area contributed by atoms with Crippen molar-refractivity contribution in [1.82, 2.24) is 4.90 Å². The van der Waals surface area contributed by atoms with E-state index < -0.39 is 22.6 Å². The van der Waals surface area contributed by atoms with E-state index in [0.717, 1.165) is 5.56 Å². The number of benzene rings is 2. The van der Waals surface area contributed by atoms with E-state index in [4.69, 9.17) is 9.47 Å². The number of anilines is 1. The molecule has 0 atom stereocenters. The zero-order chi connectivity index (χ0) is 22.6. The summed E-state index contributed by atoms with van der Waals surface area (Å²) in [5, 5.41) is 0. The Bertz CT molecular complexity index is 1080. The Morgan fingerprint density at radius 3 is 2.48 bits per heavy atom. The van der Waals surface area contributed by atoms with Gasteiger partial charge in [0.05, 0.1) is 17.7 Å². The second kappa shape index (κ2) is 9.38. The fraction of sp³-hybridized carbons (Fsp3) is 0.364. The molecule has 0 bridgehead atoms.